The lowest BCUT2D eigenvalue weighted by molar-refractivity contribution is 0.102. The van der Waals surface area contributed by atoms with Crippen molar-refractivity contribution in [2.45, 2.75) is 6.92 Å². The molecule has 0 aliphatic rings. The molecule has 8 heteroatoms. The molecule has 31 heavy (non-hydrogen) atoms. The number of rotatable bonds is 5. The number of aryl methyl sites for hydroxylation is 1. The number of hydrogen-bond donors (Lipinski definition) is 2. The van der Waals surface area contributed by atoms with Crippen LogP contribution in [-0.4, -0.2) is 15.7 Å². The Morgan fingerprint density at radius 3 is 2.42 bits per heavy atom. The van der Waals surface area contributed by atoms with Crippen molar-refractivity contribution in [1.82, 2.24) is 9.78 Å². The minimum absolute atomic E-state index is 0.0795. The van der Waals surface area contributed by atoms with Crippen molar-refractivity contribution < 1.29 is 9.53 Å². The number of benzene rings is 3. The van der Waals surface area contributed by atoms with Gasteiger partial charge in [0, 0.05) is 10.6 Å². The summed E-state index contributed by atoms with van der Waals surface area (Å²) in [6.07, 6.45) is 0. The highest BCUT2D eigenvalue weighted by Crippen LogP contribution is 2.29. The monoisotopic (exact) mass is 453 g/mol. The van der Waals surface area contributed by atoms with Gasteiger partial charge in [-0.1, -0.05) is 59.1 Å². The first kappa shape index (κ1) is 20.8. The zero-order chi connectivity index (χ0) is 22.0. The number of carbonyl (C=O) groups excluding carboxylic acids is 1. The van der Waals surface area contributed by atoms with Gasteiger partial charge in [0.1, 0.15) is 5.75 Å². The number of anilines is 1. The molecular formula is C23H17Cl2N3O3. The predicted molar refractivity (Wildman–Crippen MR) is 122 cm³/mol. The SMILES string of the molecule is Cc1ccc(Oc2c(NC(=O)c3ccccc3)[nH]n(-c3cc(Cl)ccc3Cl)c2=O)cc1. The van der Waals surface area contributed by atoms with Crippen molar-refractivity contribution in [1.29, 1.82) is 0 Å². The maximum absolute atomic E-state index is 13.2. The van der Waals surface area contributed by atoms with E-state index in [0.29, 0.717) is 27.0 Å². The molecule has 3 aromatic carbocycles. The van der Waals surface area contributed by atoms with Gasteiger partial charge in [-0.2, -0.15) is 0 Å². The van der Waals surface area contributed by atoms with Gasteiger partial charge in [-0.25, -0.2) is 4.68 Å². The Hall–Kier alpha value is -3.48. The van der Waals surface area contributed by atoms with Gasteiger partial charge in [0.2, 0.25) is 5.75 Å². The molecule has 0 atom stereocenters. The fraction of sp³-hybridized carbons (Fsp3) is 0.0435. The van der Waals surface area contributed by atoms with Crippen molar-refractivity contribution >= 4 is 34.9 Å². The lowest BCUT2D eigenvalue weighted by atomic mass is 10.2. The molecule has 2 N–H and O–H groups in total. The Bertz CT molecular complexity index is 1300. The summed E-state index contributed by atoms with van der Waals surface area (Å²) in [6.45, 7) is 1.94. The standard InChI is InChI=1S/C23H17Cl2N3O3/c1-14-7-10-17(11-8-14)31-20-21(26-22(29)15-5-3-2-4-6-15)27-28(23(20)30)19-13-16(24)9-12-18(19)25/h2-13,27H,1H3,(H,26,29). The summed E-state index contributed by atoms with van der Waals surface area (Å²) in [5, 5.41) is 6.28. The molecule has 0 unspecified atom stereocenters. The average molecular weight is 454 g/mol. The number of aromatic nitrogens is 2. The van der Waals surface area contributed by atoms with Crippen LogP contribution < -0.4 is 15.6 Å². The van der Waals surface area contributed by atoms with Crippen LogP contribution in [0.5, 0.6) is 11.5 Å². The highest BCUT2D eigenvalue weighted by molar-refractivity contribution is 6.34. The van der Waals surface area contributed by atoms with E-state index < -0.39 is 11.5 Å². The molecular weight excluding hydrogens is 437 g/mol. The van der Waals surface area contributed by atoms with E-state index in [1.54, 1.807) is 54.6 Å². The Kier molecular flexibility index (Phi) is 5.84. The smallest absolute Gasteiger partial charge is 0.316 e. The van der Waals surface area contributed by atoms with Gasteiger partial charge in [0.25, 0.3) is 5.91 Å². The fourth-order valence-electron chi connectivity index (χ4n) is 2.93. The molecule has 0 radical (unpaired) electrons. The van der Waals surface area contributed by atoms with E-state index in [9.17, 15) is 9.59 Å². The largest absolute Gasteiger partial charge is 0.448 e. The Morgan fingerprint density at radius 2 is 1.71 bits per heavy atom. The number of halogens is 2. The topological polar surface area (TPSA) is 76.1 Å². The van der Waals surface area contributed by atoms with Crippen LogP contribution in [0.15, 0.2) is 77.6 Å². The molecule has 0 fully saturated rings. The van der Waals surface area contributed by atoms with E-state index in [-0.39, 0.29) is 11.6 Å². The quantitative estimate of drug-likeness (QED) is 0.399. The number of H-pyrrole nitrogens is 1. The molecule has 6 nitrogen and oxygen atoms in total. The molecule has 4 aromatic rings. The third-order valence-electron chi connectivity index (χ3n) is 4.51. The summed E-state index contributed by atoms with van der Waals surface area (Å²) in [5.41, 5.74) is 1.27. The first-order valence-corrected chi connectivity index (χ1v) is 10.1. The maximum atomic E-state index is 13.2. The second-order valence-electron chi connectivity index (χ2n) is 6.79. The summed E-state index contributed by atoms with van der Waals surface area (Å²) >= 11 is 12.4. The lowest BCUT2D eigenvalue weighted by Gasteiger charge is -2.07. The van der Waals surface area contributed by atoms with Crippen LogP contribution in [0, 0.1) is 6.92 Å². The van der Waals surface area contributed by atoms with Crippen molar-refractivity contribution in [3.05, 3.63) is 104 Å². The van der Waals surface area contributed by atoms with Crippen molar-refractivity contribution in [2.24, 2.45) is 0 Å². The zero-order valence-corrected chi connectivity index (χ0v) is 17.9. The normalized spacial score (nSPS) is 10.7. The predicted octanol–water partition coefficient (Wildman–Crippen LogP) is 5.83. The highest BCUT2D eigenvalue weighted by atomic mass is 35.5. The van der Waals surface area contributed by atoms with Gasteiger partial charge in [0.05, 0.1) is 10.7 Å². The van der Waals surface area contributed by atoms with Crippen molar-refractivity contribution in [3.63, 3.8) is 0 Å². The van der Waals surface area contributed by atoms with Gasteiger partial charge in [-0.15, -0.1) is 0 Å². The van der Waals surface area contributed by atoms with Crippen LogP contribution in [0.2, 0.25) is 10.0 Å². The van der Waals surface area contributed by atoms with E-state index in [1.165, 1.54) is 4.68 Å². The van der Waals surface area contributed by atoms with Gasteiger partial charge in [-0.3, -0.25) is 14.7 Å². The van der Waals surface area contributed by atoms with Gasteiger partial charge in [-0.05, 0) is 49.4 Å². The summed E-state index contributed by atoms with van der Waals surface area (Å²) in [4.78, 5) is 25.9. The molecule has 156 valence electrons. The number of nitrogens with one attached hydrogen (secondary N) is 2. The molecule has 1 amide bonds. The Morgan fingerprint density at radius 1 is 1.00 bits per heavy atom. The molecule has 0 spiro atoms. The molecule has 0 bridgehead atoms. The first-order chi connectivity index (χ1) is 14.9. The third-order valence-corrected chi connectivity index (χ3v) is 5.07. The molecule has 1 aromatic heterocycles. The van der Waals surface area contributed by atoms with Crippen LogP contribution in [0.3, 0.4) is 0 Å². The molecule has 0 saturated carbocycles. The van der Waals surface area contributed by atoms with E-state index in [4.69, 9.17) is 27.9 Å². The number of aromatic amines is 1. The lowest BCUT2D eigenvalue weighted by Crippen LogP contribution is -2.15. The molecule has 0 aliphatic carbocycles. The summed E-state index contributed by atoms with van der Waals surface area (Å²) in [7, 11) is 0. The van der Waals surface area contributed by atoms with Crippen molar-refractivity contribution in [3.8, 4) is 17.2 Å². The summed E-state index contributed by atoms with van der Waals surface area (Å²) in [6, 6.07) is 20.6. The Balaban J connectivity index is 1.79. The first-order valence-electron chi connectivity index (χ1n) is 9.34. The number of ether oxygens (including phenoxy) is 1. The zero-order valence-electron chi connectivity index (χ0n) is 16.4. The van der Waals surface area contributed by atoms with E-state index >= 15 is 0 Å². The second-order valence-corrected chi connectivity index (χ2v) is 7.63. The van der Waals surface area contributed by atoms with Gasteiger partial charge in [0.15, 0.2) is 5.82 Å². The summed E-state index contributed by atoms with van der Waals surface area (Å²) < 4.78 is 7.03. The van der Waals surface area contributed by atoms with Crippen LogP contribution in [-0.2, 0) is 0 Å². The second kappa shape index (κ2) is 8.71. The minimum Gasteiger partial charge on any atom is -0.448 e. The van der Waals surface area contributed by atoms with Crippen LogP contribution in [0.25, 0.3) is 5.69 Å². The maximum Gasteiger partial charge on any atom is 0.316 e. The fourth-order valence-corrected chi connectivity index (χ4v) is 3.30. The number of carbonyl (C=O) groups is 1. The number of nitrogens with zero attached hydrogens (tertiary/aromatic N) is 1. The molecule has 0 saturated heterocycles. The molecule has 1 heterocycles. The van der Waals surface area contributed by atoms with E-state index in [0.717, 1.165) is 5.56 Å². The number of hydrogen-bond acceptors (Lipinski definition) is 3. The molecule has 0 aliphatic heterocycles. The van der Waals surface area contributed by atoms with E-state index in [1.807, 2.05) is 25.1 Å². The Labute approximate surface area is 188 Å². The average Bonchev–Trinajstić information content (AvgIpc) is 3.07. The summed E-state index contributed by atoms with van der Waals surface area (Å²) in [5.74, 6) is 0.0563. The molecule has 4 rings (SSSR count). The van der Waals surface area contributed by atoms with Gasteiger partial charge < -0.3 is 10.1 Å². The van der Waals surface area contributed by atoms with Crippen molar-refractivity contribution in [2.75, 3.05) is 5.32 Å². The van der Waals surface area contributed by atoms with Crippen LogP contribution in [0.4, 0.5) is 5.82 Å². The third kappa shape index (κ3) is 4.50. The van der Waals surface area contributed by atoms with E-state index in [2.05, 4.69) is 10.4 Å². The number of amides is 1. The van der Waals surface area contributed by atoms with Crippen LogP contribution >= 0.6 is 23.2 Å². The minimum atomic E-state index is -0.534. The van der Waals surface area contributed by atoms with Gasteiger partial charge >= 0.3 is 5.56 Å². The van der Waals surface area contributed by atoms with Crippen LogP contribution in [0.1, 0.15) is 15.9 Å². The highest BCUT2D eigenvalue weighted by Gasteiger charge is 2.21.